The van der Waals surface area contributed by atoms with E-state index in [1.807, 2.05) is 63.4 Å². The van der Waals surface area contributed by atoms with Gasteiger partial charge in [0.25, 0.3) is 0 Å². The Morgan fingerprint density at radius 1 is 0.880 bits per heavy atom. The lowest BCUT2D eigenvalue weighted by Gasteiger charge is -2.12. The molecule has 0 aliphatic rings. The van der Waals surface area contributed by atoms with Crippen molar-refractivity contribution >= 4 is 23.4 Å². The van der Waals surface area contributed by atoms with Gasteiger partial charge in [0.1, 0.15) is 5.82 Å². The molecule has 0 aliphatic heterocycles. The lowest BCUT2D eigenvalue weighted by molar-refractivity contribution is 0.869. The van der Waals surface area contributed by atoms with Crippen LogP contribution in [0.1, 0.15) is 13.8 Å². The zero-order chi connectivity index (χ0) is 17.6. The van der Waals surface area contributed by atoms with Crippen LogP contribution >= 0.6 is 0 Å². The van der Waals surface area contributed by atoms with Gasteiger partial charge >= 0.3 is 0 Å². The van der Waals surface area contributed by atoms with Crippen LogP contribution in [0, 0.1) is 0 Å². The molecule has 0 radical (unpaired) electrons. The molecule has 25 heavy (non-hydrogen) atoms. The number of hydrogen-bond donors (Lipinski definition) is 3. The van der Waals surface area contributed by atoms with Gasteiger partial charge in [-0.1, -0.05) is 30.3 Å². The summed E-state index contributed by atoms with van der Waals surface area (Å²) in [4.78, 5) is 17.8. The summed E-state index contributed by atoms with van der Waals surface area (Å²) in [6, 6.07) is 13.9. The predicted octanol–water partition coefficient (Wildman–Crippen LogP) is 3.54. The van der Waals surface area contributed by atoms with Gasteiger partial charge in [-0.3, -0.25) is 0 Å². The molecule has 0 spiro atoms. The van der Waals surface area contributed by atoms with Crippen molar-refractivity contribution in [3.05, 3.63) is 48.7 Å². The highest BCUT2D eigenvalue weighted by Gasteiger charge is 2.10. The van der Waals surface area contributed by atoms with Crippen molar-refractivity contribution in [2.24, 2.45) is 0 Å². The van der Waals surface area contributed by atoms with E-state index in [1.165, 1.54) is 0 Å². The molecule has 3 N–H and O–H groups in total. The fraction of sp³-hybridized carbons (Fsp3) is 0.222. The van der Waals surface area contributed by atoms with Crippen LogP contribution in [-0.2, 0) is 0 Å². The summed E-state index contributed by atoms with van der Waals surface area (Å²) < 4.78 is 0. The van der Waals surface area contributed by atoms with Gasteiger partial charge in [-0.15, -0.1) is 0 Å². The summed E-state index contributed by atoms with van der Waals surface area (Å²) in [6.07, 6.45) is 1.73. The Balaban J connectivity index is 1.93. The van der Waals surface area contributed by atoms with Crippen molar-refractivity contribution in [1.82, 2.24) is 19.9 Å². The summed E-state index contributed by atoms with van der Waals surface area (Å²) in [6.45, 7) is 4.08. The number of rotatable bonds is 6. The molecule has 3 rings (SSSR count). The molecule has 0 fully saturated rings. The SMILES string of the molecule is CNc1ccc(Nc2nc(NC(C)C)nc(-c3ccccc3)n2)cn1. The van der Waals surface area contributed by atoms with Gasteiger partial charge < -0.3 is 16.0 Å². The molecule has 0 saturated heterocycles. The van der Waals surface area contributed by atoms with Gasteiger partial charge in [0.05, 0.1) is 11.9 Å². The van der Waals surface area contributed by atoms with E-state index >= 15 is 0 Å². The van der Waals surface area contributed by atoms with E-state index < -0.39 is 0 Å². The molecule has 0 atom stereocenters. The van der Waals surface area contributed by atoms with Crippen LogP contribution in [0.3, 0.4) is 0 Å². The number of anilines is 4. The van der Waals surface area contributed by atoms with Crippen molar-refractivity contribution in [1.29, 1.82) is 0 Å². The van der Waals surface area contributed by atoms with Crippen LogP contribution < -0.4 is 16.0 Å². The number of hydrogen-bond acceptors (Lipinski definition) is 7. The molecule has 0 saturated carbocycles. The summed E-state index contributed by atoms with van der Waals surface area (Å²) in [7, 11) is 1.83. The van der Waals surface area contributed by atoms with Crippen LogP contribution in [0.25, 0.3) is 11.4 Å². The van der Waals surface area contributed by atoms with E-state index in [-0.39, 0.29) is 6.04 Å². The molecule has 0 bridgehead atoms. The molecule has 1 aromatic carbocycles. The Morgan fingerprint density at radius 2 is 1.64 bits per heavy atom. The zero-order valence-electron chi connectivity index (χ0n) is 14.5. The van der Waals surface area contributed by atoms with Gasteiger partial charge in [0, 0.05) is 18.7 Å². The minimum atomic E-state index is 0.218. The van der Waals surface area contributed by atoms with Crippen molar-refractivity contribution in [3.63, 3.8) is 0 Å². The molecule has 7 nitrogen and oxygen atoms in total. The summed E-state index contributed by atoms with van der Waals surface area (Å²) in [5.74, 6) is 2.41. The second kappa shape index (κ2) is 7.57. The first-order valence-electron chi connectivity index (χ1n) is 8.13. The molecule has 7 heteroatoms. The second-order valence-corrected chi connectivity index (χ2v) is 5.78. The third-order valence-corrected chi connectivity index (χ3v) is 3.36. The molecule has 128 valence electrons. The largest absolute Gasteiger partial charge is 0.373 e. The first kappa shape index (κ1) is 16.6. The van der Waals surface area contributed by atoms with E-state index in [0.29, 0.717) is 17.7 Å². The van der Waals surface area contributed by atoms with Gasteiger partial charge in [-0.05, 0) is 26.0 Å². The third-order valence-electron chi connectivity index (χ3n) is 3.36. The molecule has 0 aliphatic carbocycles. The average Bonchev–Trinajstić information content (AvgIpc) is 2.62. The monoisotopic (exact) mass is 335 g/mol. The Labute approximate surface area is 147 Å². The highest BCUT2D eigenvalue weighted by molar-refractivity contribution is 5.61. The number of pyridine rings is 1. The van der Waals surface area contributed by atoms with E-state index in [1.54, 1.807) is 6.20 Å². The lowest BCUT2D eigenvalue weighted by Crippen LogP contribution is -2.14. The summed E-state index contributed by atoms with van der Waals surface area (Å²) in [5.41, 5.74) is 1.74. The quantitative estimate of drug-likeness (QED) is 0.635. The van der Waals surface area contributed by atoms with Gasteiger partial charge in [-0.25, -0.2) is 4.98 Å². The van der Waals surface area contributed by atoms with Crippen molar-refractivity contribution in [3.8, 4) is 11.4 Å². The number of aromatic nitrogens is 4. The first-order valence-corrected chi connectivity index (χ1v) is 8.13. The Bertz CT molecular complexity index is 817. The smallest absolute Gasteiger partial charge is 0.232 e. The highest BCUT2D eigenvalue weighted by atomic mass is 15.2. The van der Waals surface area contributed by atoms with E-state index in [2.05, 4.69) is 35.9 Å². The predicted molar refractivity (Wildman–Crippen MR) is 101 cm³/mol. The number of benzene rings is 1. The zero-order valence-corrected chi connectivity index (χ0v) is 14.5. The fourth-order valence-electron chi connectivity index (χ4n) is 2.22. The molecule has 2 aromatic heterocycles. The minimum Gasteiger partial charge on any atom is -0.373 e. The normalized spacial score (nSPS) is 10.6. The van der Waals surface area contributed by atoms with Crippen LogP contribution in [-0.4, -0.2) is 33.0 Å². The minimum absolute atomic E-state index is 0.218. The van der Waals surface area contributed by atoms with E-state index in [0.717, 1.165) is 17.1 Å². The maximum absolute atomic E-state index is 4.53. The third kappa shape index (κ3) is 4.41. The molecular formula is C18H21N7. The van der Waals surface area contributed by atoms with Crippen molar-refractivity contribution in [2.75, 3.05) is 23.0 Å². The first-order chi connectivity index (χ1) is 12.1. The summed E-state index contributed by atoms with van der Waals surface area (Å²) >= 11 is 0. The van der Waals surface area contributed by atoms with E-state index in [9.17, 15) is 0 Å². The maximum Gasteiger partial charge on any atom is 0.232 e. The maximum atomic E-state index is 4.53. The Kier molecular flexibility index (Phi) is 5.03. The lowest BCUT2D eigenvalue weighted by atomic mass is 10.2. The number of nitrogens with zero attached hydrogens (tertiary/aromatic N) is 4. The van der Waals surface area contributed by atoms with Crippen LogP contribution in [0.4, 0.5) is 23.4 Å². The molecule has 2 heterocycles. The Hall–Kier alpha value is -3.22. The molecule has 0 unspecified atom stereocenters. The average molecular weight is 335 g/mol. The highest BCUT2D eigenvalue weighted by Crippen LogP contribution is 2.20. The topological polar surface area (TPSA) is 87.7 Å². The Morgan fingerprint density at radius 3 is 2.28 bits per heavy atom. The van der Waals surface area contributed by atoms with Crippen molar-refractivity contribution < 1.29 is 0 Å². The molecule has 0 amide bonds. The van der Waals surface area contributed by atoms with Gasteiger partial charge in [-0.2, -0.15) is 15.0 Å². The van der Waals surface area contributed by atoms with E-state index in [4.69, 9.17) is 0 Å². The van der Waals surface area contributed by atoms with Gasteiger partial charge in [0.15, 0.2) is 5.82 Å². The van der Waals surface area contributed by atoms with Crippen LogP contribution in [0.15, 0.2) is 48.7 Å². The van der Waals surface area contributed by atoms with Gasteiger partial charge in [0.2, 0.25) is 11.9 Å². The standard InChI is InChI=1S/C18H21N7/c1-12(2)21-17-23-16(13-7-5-4-6-8-13)24-18(25-17)22-14-9-10-15(19-3)20-11-14/h4-12H,1-3H3,(H,19,20)(H2,21,22,23,24,25). The summed E-state index contributed by atoms with van der Waals surface area (Å²) in [5, 5.41) is 9.41. The van der Waals surface area contributed by atoms with Crippen LogP contribution in [0.5, 0.6) is 0 Å². The molecular weight excluding hydrogens is 314 g/mol. The van der Waals surface area contributed by atoms with Crippen molar-refractivity contribution in [2.45, 2.75) is 19.9 Å². The van der Waals surface area contributed by atoms with Crippen LogP contribution in [0.2, 0.25) is 0 Å². The fourth-order valence-corrected chi connectivity index (χ4v) is 2.22. The number of nitrogens with one attached hydrogen (secondary N) is 3. The second-order valence-electron chi connectivity index (χ2n) is 5.78. The molecule has 3 aromatic rings.